The number of nitrogens with two attached hydrogens (primary N) is 1. The summed E-state index contributed by atoms with van der Waals surface area (Å²) >= 11 is 13.7. The van der Waals surface area contributed by atoms with Crippen molar-refractivity contribution in [2.24, 2.45) is 11.7 Å². The Labute approximate surface area is 131 Å². The molecule has 2 bridgehead atoms. The highest BCUT2D eigenvalue weighted by Gasteiger charge is 2.48. The third-order valence-electron chi connectivity index (χ3n) is 4.99. The van der Waals surface area contributed by atoms with E-state index >= 15 is 0 Å². The van der Waals surface area contributed by atoms with Crippen LogP contribution in [0.3, 0.4) is 0 Å². The molecule has 3 rings (SSSR count). The van der Waals surface area contributed by atoms with Gasteiger partial charge in [-0.1, -0.05) is 43.2 Å². The van der Waals surface area contributed by atoms with Gasteiger partial charge in [0.2, 0.25) is 0 Å². The van der Waals surface area contributed by atoms with Gasteiger partial charge in [-0.15, -0.1) is 23.2 Å². The first-order chi connectivity index (χ1) is 9.48. The van der Waals surface area contributed by atoms with Crippen LogP contribution in [0.1, 0.15) is 56.6 Å². The largest absolute Gasteiger partial charge is 0.324 e. The quantitative estimate of drug-likeness (QED) is 0.780. The van der Waals surface area contributed by atoms with Crippen LogP contribution >= 0.6 is 23.2 Å². The summed E-state index contributed by atoms with van der Waals surface area (Å²) in [6.07, 6.45) is 7.59. The first-order valence-electron chi connectivity index (χ1n) is 7.66. The molecule has 0 aliphatic heterocycles. The molecule has 0 amide bonds. The number of alkyl halides is 2. The van der Waals surface area contributed by atoms with E-state index in [-0.39, 0.29) is 15.8 Å². The lowest BCUT2D eigenvalue weighted by atomic mass is 9.65. The van der Waals surface area contributed by atoms with Gasteiger partial charge in [0.25, 0.3) is 0 Å². The number of fused-ring (bicyclic) bond motifs is 2. The monoisotopic (exact) mass is 311 g/mol. The van der Waals surface area contributed by atoms with E-state index in [2.05, 4.69) is 12.1 Å². The van der Waals surface area contributed by atoms with Gasteiger partial charge in [-0.3, -0.25) is 0 Å². The van der Waals surface area contributed by atoms with Crippen molar-refractivity contribution in [1.82, 2.24) is 0 Å². The first-order valence-corrected chi connectivity index (χ1v) is 8.42. The Hall–Kier alpha value is -0.240. The molecule has 2 aliphatic rings. The Morgan fingerprint density at radius 3 is 2.65 bits per heavy atom. The summed E-state index contributed by atoms with van der Waals surface area (Å²) in [6.45, 7) is 0. The zero-order valence-corrected chi connectivity index (χ0v) is 13.3. The van der Waals surface area contributed by atoms with Gasteiger partial charge in [0.05, 0.1) is 0 Å². The molecule has 2 N–H and O–H groups in total. The molecule has 0 aromatic heterocycles. The number of benzene rings is 1. The maximum Gasteiger partial charge on any atom is 0.0484 e. The molecule has 2 fully saturated rings. The fourth-order valence-corrected chi connectivity index (χ4v) is 5.61. The Balaban J connectivity index is 1.73. The fourth-order valence-electron chi connectivity index (χ4n) is 4.29. The average Bonchev–Trinajstić information content (AvgIpc) is 2.37. The predicted molar refractivity (Wildman–Crippen MR) is 86.3 cm³/mol. The van der Waals surface area contributed by atoms with E-state index in [1.54, 1.807) is 0 Å². The van der Waals surface area contributed by atoms with E-state index in [1.807, 2.05) is 18.2 Å². The number of halogens is 2. The van der Waals surface area contributed by atoms with Crippen molar-refractivity contribution in [3.63, 3.8) is 0 Å². The van der Waals surface area contributed by atoms with Crippen molar-refractivity contribution < 1.29 is 0 Å². The first kappa shape index (κ1) is 14.7. The molecule has 20 heavy (non-hydrogen) atoms. The van der Waals surface area contributed by atoms with Gasteiger partial charge in [-0.2, -0.15) is 0 Å². The second kappa shape index (κ2) is 5.51. The number of hydrogen-bond donors (Lipinski definition) is 1. The highest BCUT2D eigenvalue weighted by molar-refractivity contribution is 6.27. The maximum absolute atomic E-state index is 6.95. The molecule has 1 aromatic carbocycles. The minimum absolute atomic E-state index is 0.00722. The highest BCUT2D eigenvalue weighted by Crippen LogP contribution is 2.54. The summed E-state index contributed by atoms with van der Waals surface area (Å²) in [5.41, 5.74) is 7.55. The standard InChI is InChI=1S/C17H23Cl2N/c18-16-8-4-5-13(9-16)10-17(19,12-16)11-15(20)14-6-2-1-3-7-14/h1-3,6-7,13,15H,4-5,8-12,20H2/t13?,15-,16?,17-/m1/s1. The minimum Gasteiger partial charge on any atom is -0.324 e. The van der Waals surface area contributed by atoms with Gasteiger partial charge in [0.1, 0.15) is 0 Å². The summed E-state index contributed by atoms with van der Waals surface area (Å²) in [4.78, 5) is -0.292. The Morgan fingerprint density at radius 1 is 1.20 bits per heavy atom. The van der Waals surface area contributed by atoms with Gasteiger partial charge in [0.15, 0.2) is 0 Å². The molecular formula is C17H23Cl2N. The van der Waals surface area contributed by atoms with Gasteiger partial charge < -0.3 is 5.73 Å². The van der Waals surface area contributed by atoms with Crippen LogP contribution in [-0.4, -0.2) is 9.75 Å². The van der Waals surface area contributed by atoms with Gasteiger partial charge >= 0.3 is 0 Å². The average molecular weight is 312 g/mol. The predicted octanol–water partition coefficient (Wildman–Crippen LogP) is 5.02. The van der Waals surface area contributed by atoms with Crippen molar-refractivity contribution in [1.29, 1.82) is 0 Å². The van der Waals surface area contributed by atoms with Crippen LogP contribution in [-0.2, 0) is 0 Å². The summed E-state index contributed by atoms with van der Waals surface area (Å²) < 4.78 is 0. The smallest absolute Gasteiger partial charge is 0.0484 e. The Morgan fingerprint density at radius 2 is 1.95 bits per heavy atom. The van der Waals surface area contributed by atoms with E-state index in [0.717, 1.165) is 32.1 Å². The fraction of sp³-hybridized carbons (Fsp3) is 0.647. The van der Waals surface area contributed by atoms with Crippen LogP contribution in [0.4, 0.5) is 0 Å². The number of hydrogen-bond acceptors (Lipinski definition) is 1. The van der Waals surface area contributed by atoms with Crippen LogP contribution in [0.15, 0.2) is 30.3 Å². The molecular weight excluding hydrogens is 289 g/mol. The van der Waals surface area contributed by atoms with E-state index in [0.29, 0.717) is 5.92 Å². The molecule has 0 spiro atoms. The Kier molecular flexibility index (Phi) is 4.05. The van der Waals surface area contributed by atoms with Crippen LogP contribution < -0.4 is 5.73 Å². The van der Waals surface area contributed by atoms with E-state index in [9.17, 15) is 0 Å². The second-order valence-electron chi connectivity index (χ2n) is 6.87. The van der Waals surface area contributed by atoms with E-state index in [1.165, 1.54) is 18.4 Å². The highest BCUT2D eigenvalue weighted by atomic mass is 35.5. The molecule has 0 radical (unpaired) electrons. The zero-order chi connectivity index (χ0) is 14.2. The lowest BCUT2D eigenvalue weighted by Gasteiger charge is -2.49. The third-order valence-corrected chi connectivity index (χ3v) is 5.91. The maximum atomic E-state index is 6.95. The molecule has 0 heterocycles. The molecule has 1 nitrogen and oxygen atoms in total. The molecule has 2 unspecified atom stereocenters. The molecule has 2 aliphatic carbocycles. The summed E-state index contributed by atoms with van der Waals surface area (Å²) in [5.74, 6) is 0.690. The molecule has 1 aromatic rings. The molecule has 4 atom stereocenters. The van der Waals surface area contributed by atoms with Gasteiger partial charge in [-0.25, -0.2) is 0 Å². The van der Waals surface area contributed by atoms with Crippen molar-refractivity contribution in [2.75, 3.05) is 0 Å². The summed E-state index contributed by atoms with van der Waals surface area (Å²) in [5, 5.41) is 0. The van der Waals surface area contributed by atoms with Gasteiger partial charge in [-0.05, 0) is 43.6 Å². The van der Waals surface area contributed by atoms with Crippen LogP contribution in [0.2, 0.25) is 0 Å². The van der Waals surface area contributed by atoms with Crippen LogP contribution in [0.5, 0.6) is 0 Å². The lowest BCUT2D eigenvalue weighted by Crippen LogP contribution is -2.46. The van der Waals surface area contributed by atoms with Crippen molar-refractivity contribution >= 4 is 23.2 Å². The second-order valence-corrected chi connectivity index (χ2v) is 8.47. The third kappa shape index (κ3) is 3.16. The van der Waals surface area contributed by atoms with Crippen molar-refractivity contribution in [3.8, 4) is 0 Å². The van der Waals surface area contributed by atoms with Crippen LogP contribution in [0, 0.1) is 5.92 Å². The van der Waals surface area contributed by atoms with E-state index in [4.69, 9.17) is 28.9 Å². The van der Waals surface area contributed by atoms with Gasteiger partial charge in [0, 0.05) is 15.8 Å². The molecule has 110 valence electrons. The number of rotatable bonds is 3. The van der Waals surface area contributed by atoms with Crippen molar-refractivity contribution in [2.45, 2.75) is 60.7 Å². The zero-order valence-electron chi connectivity index (χ0n) is 11.8. The van der Waals surface area contributed by atoms with E-state index < -0.39 is 0 Å². The Bertz CT molecular complexity index is 463. The summed E-state index contributed by atoms with van der Waals surface area (Å²) in [7, 11) is 0. The van der Waals surface area contributed by atoms with Crippen LogP contribution in [0.25, 0.3) is 0 Å². The minimum atomic E-state index is -0.222. The summed E-state index contributed by atoms with van der Waals surface area (Å²) in [6, 6.07) is 10.3. The molecule has 3 heteroatoms. The molecule has 0 saturated heterocycles. The SMILES string of the molecule is N[C@H](C[C@]1(Cl)CC2CCCC(Cl)(C2)C1)c1ccccc1. The lowest BCUT2D eigenvalue weighted by molar-refractivity contribution is 0.162. The van der Waals surface area contributed by atoms with Crippen molar-refractivity contribution in [3.05, 3.63) is 35.9 Å². The topological polar surface area (TPSA) is 26.0 Å². The molecule has 2 saturated carbocycles. The normalized spacial score (nSPS) is 38.5.